The van der Waals surface area contributed by atoms with Gasteiger partial charge in [0.15, 0.2) is 0 Å². The SMILES string of the molecule is CC(C)(C)C(=O)OC1CCCCCc2ccccc21. The number of hydrogen-bond acceptors (Lipinski definition) is 2. The summed E-state index contributed by atoms with van der Waals surface area (Å²) in [5, 5.41) is 0. The maximum Gasteiger partial charge on any atom is 0.311 e. The topological polar surface area (TPSA) is 26.3 Å². The second-order valence-corrected chi connectivity index (χ2v) is 6.44. The third kappa shape index (κ3) is 3.59. The lowest BCUT2D eigenvalue weighted by atomic mass is 9.91. The summed E-state index contributed by atoms with van der Waals surface area (Å²) in [7, 11) is 0. The first-order valence-electron chi connectivity index (χ1n) is 7.27. The highest BCUT2D eigenvalue weighted by Gasteiger charge is 2.28. The van der Waals surface area contributed by atoms with Gasteiger partial charge in [-0.15, -0.1) is 0 Å². The van der Waals surface area contributed by atoms with Crippen molar-refractivity contribution in [2.45, 2.75) is 59.0 Å². The monoisotopic (exact) mass is 260 g/mol. The summed E-state index contributed by atoms with van der Waals surface area (Å²) in [5.41, 5.74) is 2.12. The molecule has 2 rings (SSSR count). The first-order valence-corrected chi connectivity index (χ1v) is 7.27. The van der Waals surface area contributed by atoms with E-state index in [1.165, 1.54) is 24.0 Å². The van der Waals surface area contributed by atoms with Gasteiger partial charge >= 0.3 is 5.97 Å². The van der Waals surface area contributed by atoms with E-state index in [-0.39, 0.29) is 12.1 Å². The molecule has 0 aromatic heterocycles. The van der Waals surface area contributed by atoms with E-state index >= 15 is 0 Å². The molecule has 2 nitrogen and oxygen atoms in total. The van der Waals surface area contributed by atoms with Crippen LogP contribution < -0.4 is 0 Å². The van der Waals surface area contributed by atoms with E-state index < -0.39 is 5.41 Å². The predicted molar refractivity (Wildman–Crippen MR) is 76.9 cm³/mol. The van der Waals surface area contributed by atoms with E-state index in [1.807, 2.05) is 26.8 Å². The molecule has 0 bridgehead atoms. The Morgan fingerprint density at radius 1 is 1.16 bits per heavy atom. The minimum absolute atomic E-state index is 0.0665. The maximum absolute atomic E-state index is 12.1. The average Bonchev–Trinajstić information content (AvgIpc) is 2.33. The molecule has 0 saturated carbocycles. The van der Waals surface area contributed by atoms with Gasteiger partial charge in [0, 0.05) is 0 Å². The molecule has 0 aliphatic heterocycles. The molecule has 0 heterocycles. The van der Waals surface area contributed by atoms with Crippen molar-refractivity contribution in [3.8, 4) is 0 Å². The fraction of sp³-hybridized carbons (Fsp3) is 0.588. The number of ether oxygens (including phenoxy) is 1. The summed E-state index contributed by atoms with van der Waals surface area (Å²) in [6.07, 6.45) is 5.56. The van der Waals surface area contributed by atoms with E-state index in [2.05, 4.69) is 18.2 Å². The molecule has 0 saturated heterocycles. The lowest BCUT2D eigenvalue weighted by Crippen LogP contribution is -2.25. The molecule has 1 aliphatic rings. The highest BCUT2D eigenvalue weighted by molar-refractivity contribution is 5.75. The molecule has 0 N–H and O–H groups in total. The van der Waals surface area contributed by atoms with Crippen LogP contribution in [0.15, 0.2) is 24.3 Å². The van der Waals surface area contributed by atoms with Gasteiger partial charge in [-0.3, -0.25) is 4.79 Å². The minimum atomic E-state index is -0.433. The number of carbonyl (C=O) groups excluding carboxylic acids is 1. The predicted octanol–water partition coefficient (Wildman–Crippen LogP) is 4.43. The largest absolute Gasteiger partial charge is 0.457 e. The van der Waals surface area contributed by atoms with Crippen LogP contribution in [0.1, 0.15) is 63.7 Å². The Kier molecular flexibility index (Phi) is 4.28. The lowest BCUT2D eigenvalue weighted by Gasteiger charge is -2.26. The van der Waals surface area contributed by atoms with E-state index in [0.717, 1.165) is 19.3 Å². The molecular weight excluding hydrogens is 236 g/mol. The maximum atomic E-state index is 12.1. The number of aryl methyl sites for hydroxylation is 1. The van der Waals surface area contributed by atoms with Gasteiger partial charge in [-0.25, -0.2) is 0 Å². The quantitative estimate of drug-likeness (QED) is 0.698. The van der Waals surface area contributed by atoms with Crippen LogP contribution in [0.25, 0.3) is 0 Å². The van der Waals surface area contributed by atoms with Gasteiger partial charge in [0.05, 0.1) is 5.41 Å². The normalized spacial score (nSPS) is 20.1. The molecule has 1 aromatic rings. The third-order valence-electron chi connectivity index (χ3n) is 3.68. The van der Waals surface area contributed by atoms with Crippen molar-refractivity contribution in [1.29, 1.82) is 0 Å². The molecular formula is C17H24O2. The molecule has 2 heteroatoms. The van der Waals surface area contributed by atoms with Crippen LogP contribution in [0.4, 0.5) is 0 Å². The van der Waals surface area contributed by atoms with Crippen LogP contribution in [0.3, 0.4) is 0 Å². The molecule has 0 amide bonds. The molecule has 0 spiro atoms. The highest BCUT2D eigenvalue weighted by Crippen LogP contribution is 2.32. The Balaban J connectivity index is 2.22. The van der Waals surface area contributed by atoms with Gasteiger partial charge in [-0.05, 0) is 57.6 Å². The Bertz CT molecular complexity index is 443. The fourth-order valence-electron chi connectivity index (χ4n) is 2.48. The summed E-state index contributed by atoms with van der Waals surface area (Å²) in [6.45, 7) is 5.72. The van der Waals surface area contributed by atoms with E-state index in [9.17, 15) is 4.79 Å². The molecule has 0 fully saturated rings. The summed E-state index contributed by atoms with van der Waals surface area (Å²) in [5.74, 6) is -0.104. The Hall–Kier alpha value is -1.31. The average molecular weight is 260 g/mol. The molecule has 1 atom stereocenters. The molecule has 1 aromatic carbocycles. The number of esters is 1. The van der Waals surface area contributed by atoms with Crippen molar-refractivity contribution in [2.75, 3.05) is 0 Å². The smallest absolute Gasteiger partial charge is 0.311 e. The lowest BCUT2D eigenvalue weighted by molar-refractivity contribution is -0.159. The van der Waals surface area contributed by atoms with Crippen molar-refractivity contribution in [1.82, 2.24) is 0 Å². The zero-order chi connectivity index (χ0) is 13.9. The van der Waals surface area contributed by atoms with Crippen molar-refractivity contribution >= 4 is 5.97 Å². The fourth-order valence-corrected chi connectivity index (χ4v) is 2.48. The van der Waals surface area contributed by atoms with Crippen LogP contribution in [0.2, 0.25) is 0 Å². The Labute approximate surface area is 116 Å². The minimum Gasteiger partial charge on any atom is -0.457 e. The van der Waals surface area contributed by atoms with Gasteiger partial charge < -0.3 is 4.74 Å². The van der Waals surface area contributed by atoms with E-state index in [4.69, 9.17) is 4.74 Å². The van der Waals surface area contributed by atoms with Crippen molar-refractivity contribution in [2.24, 2.45) is 5.41 Å². The summed E-state index contributed by atoms with van der Waals surface area (Å²) >= 11 is 0. The van der Waals surface area contributed by atoms with Crippen molar-refractivity contribution in [3.05, 3.63) is 35.4 Å². The van der Waals surface area contributed by atoms with Crippen LogP contribution in [0.5, 0.6) is 0 Å². The van der Waals surface area contributed by atoms with Gasteiger partial charge in [0.25, 0.3) is 0 Å². The Morgan fingerprint density at radius 2 is 1.89 bits per heavy atom. The summed E-state index contributed by atoms with van der Waals surface area (Å²) < 4.78 is 5.78. The number of benzene rings is 1. The number of fused-ring (bicyclic) bond motifs is 1. The summed E-state index contributed by atoms with van der Waals surface area (Å²) in [4.78, 5) is 12.1. The van der Waals surface area contributed by atoms with Crippen molar-refractivity contribution < 1.29 is 9.53 Å². The first-order chi connectivity index (χ1) is 8.98. The molecule has 19 heavy (non-hydrogen) atoms. The van der Waals surface area contributed by atoms with Gasteiger partial charge in [-0.1, -0.05) is 30.7 Å². The second-order valence-electron chi connectivity index (χ2n) is 6.44. The summed E-state index contributed by atoms with van der Waals surface area (Å²) in [6, 6.07) is 8.39. The van der Waals surface area contributed by atoms with E-state index in [0.29, 0.717) is 0 Å². The van der Waals surface area contributed by atoms with Gasteiger partial charge in [-0.2, -0.15) is 0 Å². The Morgan fingerprint density at radius 3 is 2.63 bits per heavy atom. The van der Waals surface area contributed by atoms with Crippen LogP contribution >= 0.6 is 0 Å². The number of hydrogen-bond donors (Lipinski definition) is 0. The zero-order valence-corrected chi connectivity index (χ0v) is 12.2. The van der Waals surface area contributed by atoms with E-state index in [1.54, 1.807) is 0 Å². The molecule has 1 unspecified atom stereocenters. The molecule has 0 radical (unpaired) electrons. The molecule has 104 valence electrons. The molecule has 1 aliphatic carbocycles. The highest BCUT2D eigenvalue weighted by atomic mass is 16.5. The standard InChI is InChI=1S/C17H24O2/c1-17(2,3)16(18)19-15-12-6-4-5-9-13-10-7-8-11-14(13)15/h7-8,10-11,15H,4-6,9,12H2,1-3H3. The van der Waals surface area contributed by atoms with Crippen LogP contribution in [-0.4, -0.2) is 5.97 Å². The number of carbonyl (C=O) groups is 1. The first kappa shape index (κ1) is 14.1. The van der Waals surface area contributed by atoms with Crippen LogP contribution in [0, 0.1) is 5.41 Å². The van der Waals surface area contributed by atoms with Gasteiger partial charge in [0.2, 0.25) is 0 Å². The van der Waals surface area contributed by atoms with Crippen LogP contribution in [-0.2, 0) is 16.0 Å². The number of rotatable bonds is 1. The zero-order valence-electron chi connectivity index (χ0n) is 12.2. The third-order valence-corrected chi connectivity index (χ3v) is 3.68. The van der Waals surface area contributed by atoms with Gasteiger partial charge in [0.1, 0.15) is 6.10 Å². The van der Waals surface area contributed by atoms with Crippen molar-refractivity contribution in [3.63, 3.8) is 0 Å². The second kappa shape index (κ2) is 5.77.